The molecule has 0 radical (unpaired) electrons. The normalized spacial score (nSPS) is 15.9. The molecule has 1 saturated heterocycles. The van der Waals surface area contributed by atoms with Crippen LogP contribution in [0.25, 0.3) is 16.9 Å². The Bertz CT molecular complexity index is 726. The van der Waals surface area contributed by atoms with Gasteiger partial charge in [0.05, 0.1) is 17.2 Å². The number of fused-ring (bicyclic) bond motifs is 1. The number of aromatic nitrogens is 4. The molecule has 0 unspecified atom stereocenters. The number of nitrogens with zero attached hydrogens (tertiary/aromatic N) is 5. The molecule has 0 aliphatic carbocycles. The van der Waals surface area contributed by atoms with Crippen molar-refractivity contribution in [2.45, 2.75) is 19.3 Å². The molecule has 1 fully saturated rings. The molecular weight excluding hydrogens is 270 g/mol. The largest absolute Gasteiger partial charge is 0.348 e. The number of hydrogen-bond donors (Lipinski definition) is 0. The first kappa shape index (κ1) is 11.8. The van der Waals surface area contributed by atoms with Crippen LogP contribution in [0.5, 0.6) is 0 Å². The smallest absolute Gasteiger partial charge is 0.187 e. The summed E-state index contributed by atoms with van der Waals surface area (Å²) >= 11 is 1.71. The van der Waals surface area contributed by atoms with Gasteiger partial charge in [0.1, 0.15) is 6.33 Å². The lowest BCUT2D eigenvalue weighted by atomic mass is 10.1. The zero-order valence-electron chi connectivity index (χ0n) is 11.1. The van der Waals surface area contributed by atoms with Gasteiger partial charge in [0, 0.05) is 24.7 Å². The summed E-state index contributed by atoms with van der Waals surface area (Å²) in [5.41, 5.74) is 1.95. The monoisotopic (exact) mass is 285 g/mol. The Balaban J connectivity index is 1.70. The van der Waals surface area contributed by atoms with Gasteiger partial charge in [-0.05, 0) is 25.3 Å². The van der Waals surface area contributed by atoms with Crippen LogP contribution in [0.3, 0.4) is 0 Å². The minimum atomic E-state index is 0.936. The second-order valence-corrected chi connectivity index (χ2v) is 5.85. The maximum Gasteiger partial charge on any atom is 0.187 e. The van der Waals surface area contributed by atoms with Crippen LogP contribution in [-0.2, 0) is 0 Å². The predicted octanol–water partition coefficient (Wildman–Crippen LogP) is 2.87. The lowest BCUT2D eigenvalue weighted by Gasteiger charge is -2.25. The van der Waals surface area contributed by atoms with Crippen LogP contribution in [-0.4, -0.2) is 32.6 Å². The van der Waals surface area contributed by atoms with Gasteiger partial charge in [0.15, 0.2) is 10.9 Å². The molecule has 0 saturated carbocycles. The van der Waals surface area contributed by atoms with Gasteiger partial charge in [-0.15, -0.1) is 11.3 Å². The number of rotatable bonds is 2. The van der Waals surface area contributed by atoms with Gasteiger partial charge in [-0.2, -0.15) is 0 Å². The average molecular weight is 285 g/mol. The predicted molar refractivity (Wildman–Crippen MR) is 80.6 cm³/mol. The van der Waals surface area contributed by atoms with E-state index in [0.717, 1.165) is 35.1 Å². The highest BCUT2D eigenvalue weighted by Gasteiger charge is 2.15. The van der Waals surface area contributed by atoms with Gasteiger partial charge >= 0.3 is 0 Å². The van der Waals surface area contributed by atoms with Crippen molar-refractivity contribution >= 4 is 27.5 Å². The van der Waals surface area contributed by atoms with E-state index in [4.69, 9.17) is 4.98 Å². The minimum Gasteiger partial charge on any atom is -0.348 e. The standard InChI is InChI=1S/C14H15N5S/c1-2-6-18(7-3-1)14-17-13(9-20-14)19-10-16-11-4-5-15-8-12(11)19/h4-5,8-10H,1-3,6-7H2. The zero-order valence-corrected chi connectivity index (χ0v) is 11.9. The minimum absolute atomic E-state index is 0.936. The molecule has 1 aliphatic rings. The Labute approximate surface area is 120 Å². The quantitative estimate of drug-likeness (QED) is 0.726. The van der Waals surface area contributed by atoms with Gasteiger partial charge in [-0.25, -0.2) is 9.97 Å². The first-order valence-corrected chi connectivity index (χ1v) is 7.78. The Morgan fingerprint density at radius 3 is 2.95 bits per heavy atom. The van der Waals surface area contributed by atoms with Crippen LogP contribution in [0.2, 0.25) is 0 Å². The van der Waals surface area contributed by atoms with Gasteiger partial charge < -0.3 is 4.90 Å². The third-order valence-electron chi connectivity index (χ3n) is 3.70. The van der Waals surface area contributed by atoms with E-state index in [2.05, 4.69) is 20.2 Å². The summed E-state index contributed by atoms with van der Waals surface area (Å²) in [5.74, 6) is 0.936. The van der Waals surface area contributed by atoms with Crippen molar-refractivity contribution in [1.82, 2.24) is 19.5 Å². The Hall–Kier alpha value is -1.95. The van der Waals surface area contributed by atoms with Crippen molar-refractivity contribution in [3.8, 4) is 5.82 Å². The van der Waals surface area contributed by atoms with Crippen molar-refractivity contribution in [1.29, 1.82) is 0 Å². The molecule has 0 atom stereocenters. The van der Waals surface area contributed by atoms with Crippen LogP contribution in [0, 0.1) is 0 Å². The maximum atomic E-state index is 4.77. The summed E-state index contributed by atoms with van der Waals surface area (Å²) < 4.78 is 2.01. The molecule has 3 aromatic heterocycles. The summed E-state index contributed by atoms with van der Waals surface area (Å²) in [6.07, 6.45) is 9.30. The topological polar surface area (TPSA) is 46.8 Å². The van der Waals surface area contributed by atoms with Crippen LogP contribution in [0.15, 0.2) is 30.2 Å². The zero-order chi connectivity index (χ0) is 13.4. The molecule has 3 aromatic rings. The first-order valence-electron chi connectivity index (χ1n) is 6.90. The van der Waals surface area contributed by atoms with Crippen LogP contribution < -0.4 is 4.90 Å². The number of piperidine rings is 1. The second-order valence-electron chi connectivity index (χ2n) is 5.01. The second kappa shape index (κ2) is 4.86. The highest BCUT2D eigenvalue weighted by atomic mass is 32.1. The van der Waals surface area contributed by atoms with E-state index in [9.17, 15) is 0 Å². The number of thiazole rings is 1. The number of anilines is 1. The fourth-order valence-corrected chi connectivity index (χ4v) is 3.49. The SMILES string of the molecule is c1cc2ncn(-c3csc(N4CCCCC4)n3)c2cn1. The molecule has 0 aromatic carbocycles. The molecule has 0 amide bonds. The summed E-state index contributed by atoms with van der Waals surface area (Å²) in [7, 11) is 0. The molecule has 0 bridgehead atoms. The summed E-state index contributed by atoms with van der Waals surface area (Å²) in [6, 6.07) is 1.92. The van der Waals surface area contributed by atoms with Crippen LogP contribution in [0.4, 0.5) is 5.13 Å². The third kappa shape index (κ3) is 1.96. The van der Waals surface area contributed by atoms with Crippen molar-refractivity contribution in [2.24, 2.45) is 0 Å². The number of pyridine rings is 1. The van der Waals surface area contributed by atoms with Crippen LogP contribution >= 0.6 is 11.3 Å². The fourth-order valence-electron chi connectivity index (χ4n) is 2.64. The summed E-state index contributed by atoms with van der Waals surface area (Å²) in [4.78, 5) is 15.7. The van der Waals surface area contributed by atoms with Gasteiger partial charge in [0.25, 0.3) is 0 Å². The lowest BCUT2D eigenvalue weighted by Crippen LogP contribution is -2.29. The van der Waals surface area contributed by atoms with E-state index >= 15 is 0 Å². The molecule has 6 heteroatoms. The van der Waals surface area contributed by atoms with E-state index in [1.807, 2.05) is 23.2 Å². The average Bonchev–Trinajstić information content (AvgIpc) is 3.14. The van der Waals surface area contributed by atoms with E-state index in [1.54, 1.807) is 17.5 Å². The van der Waals surface area contributed by atoms with Gasteiger partial charge in [-0.1, -0.05) is 0 Å². The molecule has 20 heavy (non-hydrogen) atoms. The molecule has 0 N–H and O–H groups in total. The summed E-state index contributed by atoms with van der Waals surface area (Å²) in [6.45, 7) is 2.25. The lowest BCUT2D eigenvalue weighted by molar-refractivity contribution is 0.576. The summed E-state index contributed by atoms with van der Waals surface area (Å²) in [5, 5.41) is 3.21. The van der Waals surface area contributed by atoms with E-state index in [1.165, 1.54) is 19.3 Å². The highest BCUT2D eigenvalue weighted by Crippen LogP contribution is 2.27. The van der Waals surface area contributed by atoms with Crippen LogP contribution in [0.1, 0.15) is 19.3 Å². The molecular formula is C14H15N5S. The van der Waals surface area contributed by atoms with E-state index < -0.39 is 0 Å². The fraction of sp³-hybridized carbons (Fsp3) is 0.357. The Morgan fingerprint density at radius 2 is 2.05 bits per heavy atom. The Morgan fingerprint density at radius 1 is 1.15 bits per heavy atom. The number of imidazole rings is 1. The van der Waals surface area contributed by atoms with Crippen molar-refractivity contribution in [3.63, 3.8) is 0 Å². The molecule has 5 nitrogen and oxygen atoms in total. The molecule has 1 aliphatic heterocycles. The van der Waals surface area contributed by atoms with E-state index in [-0.39, 0.29) is 0 Å². The highest BCUT2D eigenvalue weighted by molar-refractivity contribution is 7.14. The molecule has 0 spiro atoms. The molecule has 4 heterocycles. The molecule has 102 valence electrons. The van der Waals surface area contributed by atoms with Gasteiger partial charge in [0.2, 0.25) is 0 Å². The third-order valence-corrected chi connectivity index (χ3v) is 4.59. The van der Waals surface area contributed by atoms with E-state index in [0.29, 0.717) is 0 Å². The van der Waals surface area contributed by atoms with Crippen molar-refractivity contribution < 1.29 is 0 Å². The maximum absolute atomic E-state index is 4.77. The molecule has 4 rings (SSSR count). The Kier molecular flexibility index (Phi) is 2.88. The first-order chi connectivity index (χ1) is 9.92. The number of hydrogen-bond acceptors (Lipinski definition) is 5. The van der Waals surface area contributed by atoms with Crippen molar-refractivity contribution in [2.75, 3.05) is 18.0 Å². The van der Waals surface area contributed by atoms with Gasteiger partial charge in [-0.3, -0.25) is 9.55 Å². The van der Waals surface area contributed by atoms with Crippen molar-refractivity contribution in [3.05, 3.63) is 30.2 Å².